The van der Waals surface area contributed by atoms with E-state index in [9.17, 15) is 0 Å². The largest absolute Gasteiger partial charge is 0.394 e. The lowest BCUT2D eigenvalue weighted by Crippen LogP contribution is -1.90. The Bertz CT molecular complexity index is 41.6. The van der Waals surface area contributed by atoms with Crippen LogP contribution >= 0.6 is 69.6 Å². The Morgan fingerprint density at radius 3 is 1.00 bits per heavy atom. The zero-order valence-corrected chi connectivity index (χ0v) is 9.95. The standard InChI is InChI=1S/C2H4Cl2O.2CH2Cl2/c3-2(4)1-5;2*2-1-3/h2,5H,1H2;2*1H2. The van der Waals surface area contributed by atoms with Crippen molar-refractivity contribution in [2.24, 2.45) is 0 Å². The second-order valence-corrected chi connectivity index (χ2v) is 3.67. The first kappa shape index (κ1) is 18.5. The summed E-state index contributed by atoms with van der Waals surface area (Å²) in [6.07, 6.45) is 0. The molecular weight excluding hydrogens is 277 g/mol. The molecule has 0 saturated carbocycles. The molecule has 0 amide bonds. The highest BCUT2D eigenvalue weighted by Crippen LogP contribution is 1.96. The first-order chi connectivity index (χ1) is 5.10. The van der Waals surface area contributed by atoms with Gasteiger partial charge in [0.15, 0.2) is 0 Å². The van der Waals surface area contributed by atoms with Gasteiger partial charge in [-0.25, -0.2) is 0 Å². The van der Waals surface area contributed by atoms with Crippen molar-refractivity contribution >= 4 is 69.6 Å². The Morgan fingerprint density at radius 1 is 0.909 bits per heavy atom. The second-order valence-electron chi connectivity index (χ2n) is 0.776. The molecule has 72 valence electrons. The molecule has 0 aromatic rings. The van der Waals surface area contributed by atoms with E-state index in [4.69, 9.17) is 74.7 Å². The van der Waals surface area contributed by atoms with Gasteiger partial charge in [-0.3, -0.25) is 0 Å². The van der Waals surface area contributed by atoms with Crippen molar-refractivity contribution in [2.75, 3.05) is 17.3 Å². The van der Waals surface area contributed by atoms with Crippen LogP contribution in [0.25, 0.3) is 0 Å². The fourth-order valence-corrected chi connectivity index (χ4v) is 0. The fraction of sp³-hybridized carbons (Fsp3) is 1.00. The molecule has 1 N–H and O–H groups in total. The van der Waals surface area contributed by atoms with Crippen LogP contribution in [0.15, 0.2) is 0 Å². The van der Waals surface area contributed by atoms with E-state index in [1.54, 1.807) is 0 Å². The molecule has 0 aliphatic heterocycles. The highest BCUT2D eigenvalue weighted by molar-refractivity contribution is 6.44. The van der Waals surface area contributed by atoms with Crippen LogP contribution in [0.2, 0.25) is 0 Å². The highest BCUT2D eigenvalue weighted by Gasteiger charge is 1.88. The summed E-state index contributed by atoms with van der Waals surface area (Å²) in [5.74, 6) is 0. The van der Waals surface area contributed by atoms with Gasteiger partial charge in [0.2, 0.25) is 0 Å². The van der Waals surface area contributed by atoms with E-state index in [1.807, 2.05) is 0 Å². The van der Waals surface area contributed by atoms with Crippen LogP contribution in [-0.4, -0.2) is 27.2 Å². The molecule has 0 atom stereocenters. The Kier molecular flexibility index (Phi) is 37.9. The smallest absolute Gasteiger partial charge is 0.130 e. The maximum absolute atomic E-state index is 7.88. The third-order valence-corrected chi connectivity index (χ3v) is 0.414. The van der Waals surface area contributed by atoms with Crippen LogP contribution < -0.4 is 0 Å². The summed E-state index contributed by atoms with van der Waals surface area (Å²) in [4.78, 5) is -0.616. The average Bonchev–Trinajstić information content (AvgIpc) is 1.91. The van der Waals surface area contributed by atoms with Crippen LogP contribution in [-0.2, 0) is 0 Å². The molecule has 0 heterocycles. The van der Waals surface area contributed by atoms with Crippen LogP contribution in [0.5, 0.6) is 0 Å². The SMILES string of the molecule is ClCCl.ClCCl.OCC(Cl)Cl. The molecule has 0 aromatic carbocycles. The van der Waals surface area contributed by atoms with Gasteiger partial charge >= 0.3 is 0 Å². The minimum atomic E-state index is -0.616. The first-order valence-electron chi connectivity index (χ1n) is 2.23. The molecule has 11 heavy (non-hydrogen) atoms. The molecule has 0 aromatic heterocycles. The number of hydrogen-bond acceptors (Lipinski definition) is 1. The molecule has 0 unspecified atom stereocenters. The molecule has 0 radical (unpaired) electrons. The molecule has 0 aliphatic carbocycles. The van der Waals surface area contributed by atoms with E-state index >= 15 is 0 Å². The Labute approximate surface area is 96.5 Å². The third-order valence-electron chi connectivity index (χ3n) is 0.138. The van der Waals surface area contributed by atoms with Crippen molar-refractivity contribution in [3.63, 3.8) is 0 Å². The van der Waals surface area contributed by atoms with Crippen LogP contribution in [0, 0.1) is 0 Å². The summed E-state index contributed by atoms with van der Waals surface area (Å²) in [5.41, 5.74) is 0. The van der Waals surface area contributed by atoms with Crippen molar-refractivity contribution in [3.8, 4) is 0 Å². The van der Waals surface area contributed by atoms with E-state index < -0.39 is 4.84 Å². The van der Waals surface area contributed by atoms with Crippen molar-refractivity contribution in [1.29, 1.82) is 0 Å². The Hall–Kier alpha value is 1.70. The van der Waals surface area contributed by atoms with Gasteiger partial charge in [-0.1, -0.05) is 0 Å². The molecular formula is C4H8Cl6O. The number of aliphatic hydroxyl groups excluding tert-OH is 1. The van der Waals surface area contributed by atoms with Crippen molar-refractivity contribution in [3.05, 3.63) is 0 Å². The van der Waals surface area contributed by atoms with Crippen LogP contribution in [0.1, 0.15) is 0 Å². The zero-order valence-electron chi connectivity index (χ0n) is 5.41. The van der Waals surface area contributed by atoms with E-state index in [2.05, 4.69) is 0 Å². The van der Waals surface area contributed by atoms with Gasteiger partial charge in [0.05, 0.1) is 17.3 Å². The van der Waals surface area contributed by atoms with Crippen molar-refractivity contribution in [1.82, 2.24) is 0 Å². The maximum Gasteiger partial charge on any atom is 0.130 e. The van der Waals surface area contributed by atoms with E-state index in [-0.39, 0.29) is 17.3 Å². The van der Waals surface area contributed by atoms with Gasteiger partial charge in [-0.2, -0.15) is 0 Å². The normalized spacial score (nSPS) is 7.64. The molecule has 7 heteroatoms. The van der Waals surface area contributed by atoms with E-state index in [0.717, 1.165) is 0 Å². The lowest BCUT2D eigenvalue weighted by molar-refractivity contribution is 0.313. The fourth-order valence-electron chi connectivity index (χ4n) is 0. The quantitative estimate of drug-likeness (QED) is 0.729. The maximum atomic E-state index is 7.88. The number of rotatable bonds is 1. The van der Waals surface area contributed by atoms with Gasteiger partial charge in [0, 0.05) is 0 Å². The van der Waals surface area contributed by atoms with Gasteiger partial charge in [0.1, 0.15) is 4.84 Å². The molecule has 0 bridgehead atoms. The zero-order chi connectivity index (χ0) is 9.70. The molecule has 1 nitrogen and oxygen atoms in total. The number of halogens is 6. The van der Waals surface area contributed by atoms with Gasteiger partial charge in [-0.15, -0.1) is 69.6 Å². The number of hydrogen-bond donors (Lipinski definition) is 1. The number of alkyl halides is 6. The monoisotopic (exact) mass is 282 g/mol. The molecule has 0 fully saturated rings. The lowest BCUT2D eigenvalue weighted by Gasteiger charge is -1.84. The first-order valence-corrected chi connectivity index (χ1v) is 5.24. The van der Waals surface area contributed by atoms with E-state index in [1.165, 1.54) is 0 Å². The molecule has 0 spiro atoms. The molecule has 0 rings (SSSR count). The molecule has 0 aliphatic rings. The minimum Gasteiger partial charge on any atom is -0.394 e. The highest BCUT2D eigenvalue weighted by atomic mass is 35.5. The Balaban J connectivity index is -0.0000000933. The third kappa shape index (κ3) is 80.4. The van der Waals surface area contributed by atoms with Gasteiger partial charge in [0.25, 0.3) is 0 Å². The van der Waals surface area contributed by atoms with Gasteiger partial charge in [-0.05, 0) is 0 Å². The van der Waals surface area contributed by atoms with E-state index in [0.29, 0.717) is 0 Å². The summed E-state index contributed by atoms with van der Waals surface area (Å²) < 4.78 is 0. The van der Waals surface area contributed by atoms with Crippen LogP contribution in [0.4, 0.5) is 0 Å². The summed E-state index contributed by atoms with van der Waals surface area (Å²) in [7, 11) is 0. The minimum absolute atomic E-state index is 0.164. The average molecular weight is 285 g/mol. The predicted octanol–water partition coefficient (Wildman–Crippen LogP) is 3.63. The Morgan fingerprint density at radius 2 is 1.00 bits per heavy atom. The molecule has 0 saturated heterocycles. The van der Waals surface area contributed by atoms with Crippen molar-refractivity contribution < 1.29 is 5.11 Å². The van der Waals surface area contributed by atoms with Gasteiger partial charge < -0.3 is 5.11 Å². The number of aliphatic hydroxyl groups is 1. The summed E-state index contributed by atoms with van der Waals surface area (Å²) in [5, 5.41) is 8.27. The lowest BCUT2D eigenvalue weighted by atomic mass is 10.9. The van der Waals surface area contributed by atoms with Crippen LogP contribution in [0.3, 0.4) is 0 Å². The summed E-state index contributed by atoms with van der Waals surface area (Å²) in [6, 6.07) is 0. The predicted molar refractivity (Wildman–Crippen MR) is 55.7 cm³/mol. The summed E-state index contributed by atoms with van der Waals surface area (Å²) >= 11 is 29.0. The topological polar surface area (TPSA) is 20.2 Å². The second kappa shape index (κ2) is 22.6. The van der Waals surface area contributed by atoms with Crippen molar-refractivity contribution in [2.45, 2.75) is 4.84 Å². The summed E-state index contributed by atoms with van der Waals surface area (Å²) in [6.45, 7) is -0.164.